The van der Waals surface area contributed by atoms with Crippen LogP contribution in [0.3, 0.4) is 0 Å². The number of para-hydroxylation sites is 1. The zero-order valence-corrected chi connectivity index (χ0v) is 27.2. The second-order valence-corrected chi connectivity index (χ2v) is 11.1. The fourth-order valence-electron chi connectivity index (χ4n) is 5.36. The zero-order chi connectivity index (χ0) is 32.8. The molecule has 1 aromatic heterocycles. The molecule has 1 amide bonds. The number of aromatic nitrogens is 2. The van der Waals surface area contributed by atoms with Gasteiger partial charge in [0.05, 0.1) is 51.2 Å². The van der Waals surface area contributed by atoms with Gasteiger partial charge >= 0.3 is 0 Å². The Morgan fingerprint density at radius 2 is 1.72 bits per heavy atom. The van der Waals surface area contributed by atoms with Crippen molar-refractivity contribution >= 4 is 23.0 Å². The minimum atomic E-state index is -0.309. The highest BCUT2D eigenvalue weighted by Gasteiger charge is 2.21. The summed E-state index contributed by atoms with van der Waals surface area (Å²) >= 11 is 0. The maximum atomic E-state index is 13.9. The summed E-state index contributed by atoms with van der Waals surface area (Å²) < 4.78 is 29.7. The summed E-state index contributed by atoms with van der Waals surface area (Å²) in [7, 11) is 3.01. The van der Waals surface area contributed by atoms with Gasteiger partial charge in [0.15, 0.2) is 23.9 Å². The first-order valence-electron chi connectivity index (χ1n) is 15.3. The van der Waals surface area contributed by atoms with E-state index >= 15 is 0 Å². The summed E-state index contributed by atoms with van der Waals surface area (Å²) in [6.45, 7) is 10.5. The molecule has 0 spiro atoms. The summed E-state index contributed by atoms with van der Waals surface area (Å²) in [5, 5.41) is 5.10. The predicted molar refractivity (Wildman–Crippen MR) is 177 cm³/mol. The number of morpholine rings is 1. The Hall–Kier alpha value is -4.90. The lowest BCUT2D eigenvalue weighted by Gasteiger charge is -2.27. The first-order chi connectivity index (χ1) is 22.2. The third-order valence-corrected chi connectivity index (χ3v) is 7.78. The molecule has 0 aliphatic carbocycles. The molecule has 46 heavy (non-hydrogen) atoms. The molecule has 11 nitrogen and oxygen atoms in total. The lowest BCUT2D eigenvalue weighted by molar-refractivity contribution is -0.137. The number of amides is 1. The van der Waals surface area contributed by atoms with Crippen LogP contribution < -0.4 is 24.5 Å². The minimum Gasteiger partial charge on any atom is -0.494 e. The fraction of sp³-hybridized carbons (Fsp3) is 0.371. The van der Waals surface area contributed by atoms with Crippen LogP contribution in [0.25, 0.3) is 22.3 Å². The van der Waals surface area contributed by atoms with Gasteiger partial charge in [-0.05, 0) is 67.3 Å². The number of nitrogens with zero attached hydrogens (tertiary/aromatic N) is 4. The molecule has 0 bridgehead atoms. The van der Waals surface area contributed by atoms with Crippen molar-refractivity contribution in [1.29, 1.82) is 0 Å². The van der Waals surface area contributed by atoms with Crippen LogP contribution in [-0.2, 0) is 9.53 Å². The lowest BCUT2D eigenvalue weighted by atomic mass is 9.96. The van der Waals surface area contributed by atoms with E-state index in [1.54, 1.807) is 35.4 Å². The fourth-order valence-corrected chi connectivity index (χ4v) is 5.36. The molecule has 0 atom stereocenters. The third kappa shape index (κ3) is 6.84. The Kier molecular flexibility index (Phi) is 10.2. The van der Waals surface area contributed by atoms with E-state index in [1.807, 2.05) is 38.1 Å². The Morgan fingerprint density at radius 1 is 1.02 bits per heavy atom. The van der Waals surface area contributed by atoms with Crippen molar-refractivity contribution < 1.29 is 28.5 Å². The number of hydrogen-bond acceptors (Lipinski definition) is 9. The number of benzene rings is 3. The van der Waals surface area contributed by atoms with Crippen LogP contribution in [0.2, 0.25) is 0 Å². The second-order valence-electron chi connectivity index (χ2n) is 11.1. The van der Waals surface area contributed by atoms with Gasteiger partial charge in [-0.1, -0.05) is 26.0 Å². The van der Waals surface area contributed by atoms with E-state index in [-0.39, 0.29) is 24.0 Å². The quantitative estimate of drug-likeness (QED) is 0.213. The molecule has 4 aromatic rings. The maximum absolute atomic E-state index is 13.9. The van der Waals surface area contributed by atoms with Crippen molar-refractivity contribution in [2.75, 3.05) is 53.7 Å². The topological polar surface area (TPSA) is 114 Å². The number of hydrogen-bond donors (Lipinski definition) is 0. The Balaban J connectivity index is 1.56. The van der Waals surface area contributed by atoms with E-state index in [4.69, 9.17) is 28.7 Å². The van der Waals surface area contributed by atoms with E-state index < -0.39 is 0 Å². The van der Waals surface area contributed by atoms with Crippen LogP contribution in [0.1, 0.15) is 43.4 Å². The third-order valence-electron chi connectivity index (χ3n) is 7.78. The first-order valence-corrected chi connectivity index (χ1v) is 15.3. The van der Waals surface area contributed by atoms with Crippen LogP contribution in [0.5, 0.6) is 23.0 Å². The summed E-state index contributed by atoms with van der Waals surface area (Å²) in [4.78, 5) is 33.2. The molecule has 0 unspecified atom stereocenters. The highest BCUT2D eigenvalue weighted by atomic mass is 16.5. The molecule has 0 N–H and O–H groups in total. The average Bonchev–Trinajstić information content (AvgIpc) is 3.07. The van der Waals surface area contributed by atoms with E-state index in [1.165, 1.54) is 18.9 Å². The van der Waals surface area contributed by atoms with Gasteiger partial charge < -0.3 is 28.6 Å². The van der Waals surface area contributed by atoms with Gasteiger partial charge in [-0.15, -0.1) is 0 Å². The molecule has 2 heterocycles. The Morgan fingerprint density at radius 3 is 2.37 bits per heavy atom. The summed E-state index contributed by atoms with van der Waals surface area (Å²) in [5.41, 5.74) is 3.53. The van der Waals surface area contributed by atoms with Crippen LogP contribution in [0.4, 0.5) is 0 Å². The molecule has 1 aliphatic heterocycles. The van der Waals surface area contributed by atoms with E-state index in [0.717, 1.165) is 22.4 Å². The molecular formula is C35H40N4O7. The van der Waals surface area contributed by atoms with Crippen molar-refractivity contribution in [3.63, 3.8) is 0 Å². The van der Waals surface area contributed by atoms with Crippen LogP contribution in [0.15, 0.2) is 58.4 Å². The predicted octanol–water partition coefficient (Wildman–Crippen LogP) is 5.03. The molecule has 1 aliphatic rings. The molecule has 1 saturated heterocycles. The molecule has 0 saturated carbocycles. The van der Waals surface area contributed by atoms with Crippen molar-refractivity contribution in [3.05, 3.63) is 75.6 Å². The van der Waals surface area contributed by atoms with Crippen molar-refractivity contribution in [2.45, 2.75) is 33.6 Å². The number of ether oxygens (including phenoxy) is 5. The monoisotopic (exact) mass is 628 g/mol. The molecule has 1 fully saturated rings. The van der Waals surface area contributed by atoms with E-state index in [9.17, 15) is 9.59 Å². The molecule has 0 radical (unpaired) electrons. The number of methoxy groups -OCH3 is 2. The summed E-state index contributed by atoms with van der Waals surface area (Å²) in [6.07, 6.45) is 1.54. The molecule has 11 heteroatoms. The number of fused-ring (bicyclic) bond motifs is 1. The zero-order valence-electron chi connectivity index (χ0n) is 27.2. The van der Waals surface area contributed by atoms with Gasteiger partial charge in [-0.2, -0.15) is 9.78 Å². The first kappa shape index (κ1) is 32.5. The van der Waals surface area contributed by atoms with Gasteiger partial charge in [0.2, 0.25) is 5.75 Å². The van der Waals surface area contributed by atoms with Gasteiger partial charge in [0.25, 0.3) is 11.5 Å². The van der Waals surface area contributed by atoms with Crippen molar-refractivity contribution in [3.8, 4) is 34.4 Å². The molecule has 3 aromatic carbocycles. The highest BCUT2D eigenvalue weighted by molar-refractivity contribution is 5.84. The molecule has 5 rings (SSSR count). The van der Waals surface area contributed by atoms with Crippen LogP contribution in [-0.4, -0.2) is 80.4 Å². The Labute approximate surface area is 268 Å². The summed E-state index contributed by atoms with van der Waals surface area (Å²) in [5.74, 6) is 2.23. The smallest absolute Gasteiger partial charge is 0.282 e. The van der Waals surface area contributed by atoms with Gasteiger partial charge in [0.1, 0.15) is 5.75 Å². The Bertz CT molecular complexity index is 1780. The number of rotatable bonds is 11. The number of aryl methyl sites for hydroxylation is 1. The van der Waals surface area contributed by atoms with Crippen molar-refractivity contribution in [2.24, 2.45) is 5.10 Å². The van der Waals surface area contributed by atoms with Gasteiger partial charge in [0, 0.05) is 24.2 Å². The van der Waals surface area contributed by atoms with Crippen LogP contribution >= 0.6 is 0 Å². The molecular weight excluding hydrogens is 588 g/mol. The van der Waals surface area contributed by atoms with Gasteiger partial charge in [-0.3, -0.25) is 9.59 Å². The summed E-state index contributed by atoms with van der Waals surface area (Å²) in [6, 6.07) is 14.6. The molecule has 242 valence electrons. The standard InChI is InChI=1S/C35H40N4O7/c1-7-45-29-16-23(4)27(19-26(29)22(2)3)34-37-28-11-9-8-10-25(28)35(41)39(34)36-20-24-17-30(42-5)33(31(18-24)43-6)46-21-32(40)38-12-14-44-15-13-38/h8-11,16-20,22H,7,12-15,21H2,1-6H3. The average molecular weight is 629 g/mol. The van der Waals surface area contributed by atoms with Gasteiger partial charge in [-0.25, -0.2) is 4.98 Å². The second kappa shape index (κ2) is 14.5. The van der Waals surface area contributed by atoms with E-state index in [0.29, 0.717) is 72.4 Å². The number of carbonyl (C=O) groups excluding carboxylic acids is 1. The minimum absolute atomic E-state index is 0.154. The van der Waals surface area contributed by atoms with E-state index in [2.05, 4.69) is 18.9 Å². The van der Waals surface area contributed by atoms with Crippen LogP contribution in [0, 0.1) is 6.92 Å². The highest BCUT2D eigenvalue weighted by Crippen LogP contribution is 2.38. The number of carbonyl (C=O) groups is 1. The van der Waals surface area contributed by atoms with Crippen molar-refractivity contribution in [1.82, 2.24) is 14.6 Å². The normalized spacial score (nSPS) is 13.4. The largest absolute Gasteiger partial charge is 0.494 e. The SMILES string of the molecule is CCOc1cc(C)c(-c2nc3ccccc3c(=O)n2N=Cc2cc(OC)c(OCC(=O)N3CCOCC3)c(OC)c2)cc1C(C)C. The lowest BCUT2D eigenvalue weighted by Crippen LogP contribution is -2.43. The maximum Gasteiger partial charge on any atom is 0.282 e.